The van der Waals surface area contributed by atoms with Crippen LogP contribution in [0.2, 0.25) is 0 Å². The molecule has 1 aliphatic heterocycles. The summed E-state index contributed by atoms with van der Waals surface area (Å²) >= 11 is 0. The molecule has 0 spiro atoms. The number of nitrogens with zero attached hydrogens (tertiary/aromatic N) is 1. The molecule has 0 bridgehead atoms. The molecule has 3 rings (SSSR count). The van der Waals surface area contributed by atoms with Crippen molar-refractivity contribution in [3.63, 3.8) is 0 Å². The standard InChI is InChI=1S/C20H24N2O3/c1-24-19-9-7-18(8-10-19)22-13-11-21(12-14-22)15-16-3-5-17(6-4-16)20(23)25-2/h3-10H,11-15H2,1-2H3/p+1. The quantitative estimate of drug-likeness (QED) is 0.835. The first-order valence-electron chi connectivity index (χ1n) is 8.59. The first kappa shape index (κ1) is 17.3. The third kappa shape index (κ3) is 4.31. The maximum atomic E-state index is 11.5. The van der Waals surface area contributed by atoms with Crippen LogP contribution in [0, 0.1) is 0 Å². The smallest absolute Gasteiger partial charge is 0.337 e. The van der Waals surface area contributed by atoms with Crippen LogP contribution < -0.4 is 14.5 Å². The normalized spacial score (nSPS) is 15.0. The number of quaternary nitrogens is 1. The number of carbonyl (C=O) groups excluding carboxylic acids is 1. The number of hydrogen-bond donors (Lipinski definition) is 1. The predicted molar refractivity (Wildman–Crippen MR) is 97.4 cm³/mol. The Balaban J connectivity index is 1.52. The summed E-state index contributed by atoms with van der Waals surface area (Å²) in [6.45, 7) is 5.28. The zero-order valence-electron chi connectivity index (χ0n) is 14.8. The zero-order valence-corrected chi connectivity index (χ0v) is 14.8. The van der Waals surface area contributed by atoms with Crippen LogP contribution in [-0.2, 0) is 11.3 Å². The summed E-state index contributed by atoms with van der Waals surface area (Å²) < 4.78 is 9.96. The molecule has 132 valence electrons. The van der Waals surface area contributed by atoms with Crippen molar-refractivity contribution < 1.29 is 19.2 Å². The van der Waals surface area contributed by atoms with E-state index in [4.69, 9.17) is 9.47 Å². The van der Waals surface area contributed by atoms with E-state index in [1.54, 1.807) is 12.0 Å². The number of anilines is 1. The minimum Gasteiger partial charge on any atom is -0.497 e. The number of piperazine rings is 1. The lowest BCUT2D eigenvalue weighted by atomic mass is 10.1. The van der Waals surface area contributed by atoms with Gasteiger partial charge in [0, 0.05) is 11.3 Å². The summed E-state index contributed by atoms with van der Waals surface area (Å²) in [5, 5.41) is 0. The van der Waals surface area contributed by atoms with E-state index < -0.39 is 0 Å². The van der Waals surface area contributed by atoms with E-state index in [1.165, 1.54) is 18.4 Å². The number of methoxy groups -OCH3 is 2. The fourth-order valence-corrected chi connectivity index (χ4v) is 3.22. The van der Waals surface area contributed by atoms with Crippen LogP contribution >= 0.6 is 0 Å². The highest BCUT2D eigenvalue weighted by Gasteiger charge is 2.20. The van der Waals surface area contributed by atoms with E-state index in [9.17, 15) is 4.79 Å². The SMILES string of the molecule is COC(=O)c1ccc(C[NH+]2CCN(c3ccc(OC)cc3)CC2)cc1. The van der Waals surface area contributed by atoms with Gasteiger partial charge >= 0.3 is 5.97 Å². The topological polar surface area (TPSA) is 43.2 Å². The van der Waals surface area contributed by atoms with E-state index in [-0.39, 0.29) is 5.97 Å². The molecule has 0 aromatic heterocycles. The number of carbonyl (C=O) groups is 1. The number of esters is 1. The molecule has 5 heteroatoms. The molecule has 0 saturated carbocycles. The Labute approximate surface area is 148 Å². The molecule has 0 unspecified atom stereocenters. The van der Waals surface area contributed by atoms with Crippen molar-refractivity contribution in [2.75, 3.05) is 45.3 Å². The van der Waals surface area contributed by atoms with Gasteiger partial charge in [0.25, 0.3) is 0 Å². The van der Waals surface area contributed by atoms with Crippen molar-refractivity contribution in [2.45, 2.75) is 6.54 Å². The lowest BCUT2D eigenvalue weighted by Gasteiger charge is -2.33. The summed E-state index contributed by atoms with van der Waals surface area (Å²) in [4.78, 5) is 15.5. The highest BCUT2D eigenvalue weighted by Crippen LogP contribution is 2.19. The summed E-state index contributed by atoms with van der Waals surface area (Å²) in [6, 6.07) is 16.0. The van der Waals surface area contributed by atoms with E-state index >= 15 is 0 Å². The van der Waals surface area contributed by atoms with E-state index in [2.05, 4.69) is 17.0 Å². The van der Waals surface area contributed by atoms with Crippen molar-refractivity contribution >= 4 is 11.7 Å². The van der Waals surface area contributed by atoms with Gasteiger partial charge < -0.3 is 19.3 Å². The van der Waals surface area contributed by atoms with Gasteiger partial charge in [-0.25, -0.2) is 4.79 Å². The van der Waals surface area contributed by atoms with Gasteiger partial charge in [-0.3, -0.25) is 0 Å². The molecule has 25 heavy (non-hydrogen) atoms. The van der Waals surface area contributed by atoms with Gasteiger partial charge in [0.15, 0.2) is 0 Å². The Bertz CT molecular complexity index is 690. The number of ether oxygens (including phenoxy) is 2. The fraction of sp³-hybridized carbons (Fsp3) is 0.350. The lowest BCUT2D eigenvalue weighted by Crippen LogP contribution is -3.13. The van der Waals surface area contributed by atoms with Crippen molar-refractivity contribution in [3.8, 4) is 5.75 Å². The van der Waals surface area contributed by atoms with Crippen LogP contribution in [0.15, 0.2) is 48.5 Å². The van der Waals surface area contributed by atoms with Gasteiger partial charge in [0.2, 0.25) is 0 Å². The van der Waals surface area contributed by atoms with Gasteiger partial charge in [-0.2, -0.15) is 0 Å². The minimum atomic E-state index is -0.285. The molecule has 2 aromatic carbocycles. The molecule has 0 atom stereocenters. The predicted octanol–water partition coefficient (Wildman–Crippen LogP) is 1.39. The molecule has 1 aliphatic rings. The summed E-state index contributed by atoms with van der Waals surface area (Å²) in [5.41, 5.74) is 3.11. The largest absolute Gasteiger partial charge is 0.497 e. The third-order valence-corrected chi connectivity index (χ3v) is 4.74. The van der Waals surface area contributed by atoms with E-state index in [0.29, 0.717) is 5.56 Å². The monoisotopic (exact) mass is 341 g/mol. The summed E-state index contributed by atoms with van der Waals surface area (Å²) in [5.74, 6) is 0.607. The highest BCUT2D eigenvalue weighted by atomic mass is 16.5. The van der Waals surface area contributed by atoms with Crippen molar-refractivity contribution in [3.05, 3.63) is 59.7 Å². The number of hydrogen-bond acceptors (Lipinski definition) is 4. The summed E-state index contributed by atoms with van der Waals surface area (Å²) in [6.07, 6.45) is 0. The fourth-order valence-electron chi connectivity index (χ4n) is 3.22. The Hall–Kier alpha value is -2.53. The molecule has 1 fully saturated rings. The minimum absolute atomic E-state index is 0.285. The van der Waals surface area contributed by atoms with E-state index in [1.807, 2.05) is 36.4 Å². The molecule has 1 heterocycles. The van der Waals surface area contributed by atoms with Gasteiger partial charge in [-0.15, -0.1) is 0 Å². The number of rotatable bonds is 5. The van der Waals surface area contributed by atoms with Crippen LogP contribution in [0.1, 0.15) is 15.9 Å². The second-order valence-electron chi connectivity index (χ2n) is 6.30. The average molecular weight is 341 g/mol. The number of nitrogens with one attached hydrogen (secondary N) is 1. The Morgan fingerprint density at radius 1 is 1.00 bits per heavy atom. The van der Waals surface area contributed by atoms with Crippen LogP contribution in [-0.4, -0.2) is 46.4 Å². The van der Waals surface area contributed by atoms with Gasteiger partial charge in [-0.1, -0.05) is 12.1 Å². The molecular formula is C20H25N2O3+. The third-order valence-electron chi connectivity index (χ3n) is 4.74. The van der Waals surface area contributed by atoms with E-state index in [0.717, 1.165) is 38.5 Å². The maximum absolute atomic E-state index is 11.5. The maximum Gasteiger partial charge on any atom is 0.337 e. The van der Waals surface area contributed by atoms with Gasteiger partial charge in [0.1, 0.15) is 12.3 Å². The van der Waals surface area contributed by atoms with Crippen LogP contribution in [0.4, 0.5) is 5.69 Å². The van der Waals surface area contributed by atoms with Gasteiger partial charge in [0.05, 0.1) is 46.0 Å². The molecule has 1 N–H and O–H groups in total. The first-order chi connectivity index (χ1) is 12.2. The molecule has 0 amide bonds. The summed E-state index contributed by atoms with van der Waals surface area (Å²) in [7, 11) is 3.09. The molecule has 0 aliphatic carbocycles. The first-order valence-corrected chi connectivity index (χ1v) is 8.59. The molecule has 1 saturated heterocycles. The highest BCUT2D eigenvalue weighted by molar-refractivity contribution is 5.89. The number of benzene rings is 2. The van der Waals surface area contributed by atoms with Crippen LogP contribution in [0.3, 0.4) is 0 Å². The van der Waals surface area contributed by atoms with Crippen molar-refractivity contribution in [1.82, 2.24) is 0 Å². The average Bonchev–Trinajstić information content (AvgIpc) is 2.68. The van der Waals surface area contributed by atoms with Crippen LogP contribution in [0.25, 0.3) is 0 Å². The second kappa shape index (κ2) is 8.03. The van der Waals surface area contributed by atoms with Crippen molar-refractivity contribution in [1.29, 1.82) is 0 Å². The molecule has 0 radical (unpaired) electrons. The Morgan fingerprint density at radius 3 is 2.20 bits per heavy atom. The zero-order chi connectivity index (χ0) is 17.6. The van der Waals surface area contributed by atoms with Crippen LogP contribution in [0.5, 0.6) is 5.75 Å². The lowest BCUT2D eigenvalue weighted by molar-refractivity contribution is -0.914. The Morgan fingerprint density at radius 2 is 1.64 bits per heavy atom. The Kier molecular flexibility index (Phi) is 5.56. The molecule has 5 nitrogen and oxygen atoms in total. The van der Waals surface area contributed by atoms with Crippen molar-refractivity contribution in [2.24, 2.45) is 0 Å². The van der Waals surface area contributed by atoms with Gasteiger partial charge in [-0.05, 0) is 36.4 Å². The molecule has 2 aromatic rings. The second-order valence-corrected chi connectivity index (χ2v) is 6.30. The molecular weight excluding hydrogens is 316 g/mol.